The van der Waals surface area contributed by atoms with E-state index in [2.05, 4.69) is 34.2 Å². The SMILES string of the molecule is C[C@H]1CCCCO[C@H](CN(C)Cc2ccncc2)[C@@H](C)CN([C@@H](C)CO)C(=O)c2cc(NC(=O)c3ccncc3)ccc2O1. The Kier molecular flexibility index (Phi) is 12.2. The van der Waals surface area contributed by atoms with Crippen LogP contribution in [0, 0.1) is 5.92 Å². The van der Waals surface area contributed by atoms with Gasteiger partial charge in [-0.1, -0.05) is 6.92 Å². The summed E-state index contributed by atoms with van der Waals surface area (Å²) in [5.41, 5.74) is 2.43. The average molecular weight is 604 g/mol. The number of ether oxygens (including phenoxy) is 2. The summed E-state index contributed by atoms with van der Waals surface area (Å²) >= 11 is 0. The summed E-state index contributed by atoms with van der Waals surface area (Å²) in [6.45, 7) is 8.14. The average Bonchev–Trinajstić information content (AvgIpc) is 3.03. The number of nitrogens with one attached hydrogen (secondary N) is 1. The second-order valence-corrected chi connectivity index (χ2v) is 11.8. The van der Waals surface area contributed by atoms with Crippen LogP contribution in [-0.4, -0.2) is 88.3 Å². The zero-order valence-electron chi connectivity index (χ0n) is 26.2. The summed E-state index contributed by atoms with van der Waals surface area (Å²) in [5.74, 6) is -0.163. The number of aliphatic hydroxyl groups is 1. The smallest absolute Gasteiger partial charge is 0.258 e. The number of nitrogens with zero attached hydrogens (tertiary/aromatic N) is 4. The normalized spacial score (nSPS) is 20.7. The van der Waals surface area contributed by atoms with E-state index in [0.717, 1.165) is 25.8 Å². The first-order valence-corrected chi connectivity index (χ1v) is 15.4. The largest absolute Gasteiger partial charge is 0.490 e. The van der Waals surface area contributed by atoms with Gasteiger partial charge >= 0.3 is 0 Å². The van der Waals surface area contributed by atoms with Crippen molar-refractivity contribution in [1.29, 1.82) is 0 Å². The Morgan fingerprint density at radius 3 is 2.50 bits per heavy atom. The van der Waals surface area contributed by atoms with Crippen LogP contribution in [0.2, 0.25) is 0 Å². The van der Waals surface area contributed by atoms with E-state index >= 15 is 0 Å². The molecule has 4 atom stereocenters. The number of aromatic nitrogens is 2. The van der Waals surface area contributed by atoms with Gasteiger partial charge in [0.1, 0.15) is 5.75 Å². The molecule has 0 fully saturated rings. The number of anilines is 1. The van der Waals surface area contributed by atoms with Crippen molar-refractivity contribution in [1.82, 2.24) is 19.8 Å². The van der Waals surface area contributed by atoms with Crippen molar-refractivity contribution in [2.45, 2.75) is 64.8 Å². The van der Waals surface area contributed by atoms with Gasteiger partial charge in [0.2, 0.25) is 0 Å². The quantitative estimate of drug-likeness (QED) is 0.382. The maximum absolute atomic E-state index is 14.3. The van der Waals surface area contributed by atoms with Crippen LogP contribution in [0.5, 0.6) is 5.75 Å². The highest BCUT2D eigenvalue weighted by molar-refractivity contribution is 6.05. The Hall–Kier alpha value is -3.86. The molecule has 4 rings (SSSR count). The van der Waals surface area contributed by atoms with Crippen LogP contribution in [-0.2, 0) is 11.3 Å². The predicted molar refractivity (Wildman–Crippen MR) is 170 cm³/mol. The number of likely N-dealkylation sites (N-methyl/N-ethyl adjacent to an activating group) is 1. The molecule has 0 bridgehead atoms. The lowest BCUT2D eigenvalue weighted by atomic mass is 10.0. The Labute approximate surface area is 260 Å². The fourth-order valence-corrected chi connectivity index (χ4v) is 5.34. The van der Waals surface area contributed by atoms with Gasteiger partial charge in [-0.15, -0.1) is 0 Å². The highest BCUT2D eigenvalue weighted by Crippen LogP contribution is 2.29. The number of benzene rings is 1. The summed E-state index contributed by atoms with van der Waals surface area (Å²) in [6, 6.07) is 12.0. The van der Waals surface area contributed by atoms with Crippen LogP contribution in [0.1, 0.15) is 66.3 Å². The molecule has 0 unspecified atom stereocenters. The molecule has 0 radical (unpaired) electrons. The van der Waals surface area contributed by atoms with E-state index < -0.39 is 6.04 Å². The number of fused-ring (bicyclic) bond motifs is 1. The topological polar surface area (TPSA) is 117 Å². The minimum Gasteiger partial charge on any atom is -0.490 e. The van der Waals surface area contributed by atoms with Crippen LogP contribution >= 0.6 is 0 Å². The van der Waals surface area contributed by atoms with E-state index in [1.54, 1.807) is 60.0 Å². The molecule has 2 amide bonds. The molecule has 0 saturated carbocycles. The lowest BCUT2D eigenvalue weighted by Gasteiger charge is -2.36. The third-order valence-corrected chi connectivity index (χ3v) is 7.95. The van der Waals surface area contributed by atoms with Gasteiger partial charge in [0.15, 0.2) is 0 Å². The zero-order valence-corrected chi connectivity index (χ0v) is 26.2. The highest BCUT2D eigenvalue weighted by atomic mass is 16.5. The van der Waals surface area contributed by atoms with Gasteiger partial charge in [-0.25, -0.2) is 0 Å². The van der Waals surface area contributed by atoms with E-state index in [1.807, 2.05) is 26.0 Å². The van der Waals surface area contributed by atoms with E-state index in [0.29, 0.717) is 42.3 Å². The van der Waals surface area contributed by atoms with Gasteiger partial charge in [0.25, 0.3) is 11.8 Å². The number of aliphatic hydroxyl groups excluding tert-OH is 1. The summed E-state index contributed by atoms with van der Waals surface area (Å²) in [6.07, 6.45) is 9.05. The van der Waals surface area contributed by atoms with Gasteiger partial charge in [-0.05, 0) is 88.2 Å². The van der Waals surface area contributed by atoms with Gasteiger partial charge in [0.05, 0.1) is 30.4 Å². The number of rotatable bonds is 8. The van der Waals surface area contributed by atoms with Crippen LogP contribution in [0.15, 0.2) is 67.3 Å². The predicted octanol–water partition coefficient (Wildman–Crippen LogP) is 4.66. The molecule has 3 heterocycles. The molecule has 1 aromatic carbocycles. The van der Waals surface area contributed by atoms with Crippen molar-refractivity contribution in [3.05, 3.63) is 83.9 Å². The summed E-state index contributed by atoms with van der Waals surface area (Å²) < 4.78 is 12.8. The second-order valence-electron chi connectivity index (χ2n) is 11.8. The first-order chi connectivity index (χ1) is 21.2. The number of hydrogen-bond acceptors (Lipinski definition) is 8. The van der Waals surface area contributed by atoms with E-state index in [1.165, 1.54) is 5.56 Å². The first kappa shape index (κ1) is 33.0. The third-order valence-electron chi connectivity index (χ3n) is 7.95. The van der Waals surface area contributed by atoms with E-state index in [9.17, 15) is 14.7 Å². The Morgan fingerprint density at radius 1 is 1.09 bits per heavy atom. The molecule has 1 aliphatic heterocycles. The van der Waals surface area contributed by atoms with Crippen LogP contribution in [0.4, 0.5) is 5.69 Å². The van der Waals surface area contributed by atoms with Crippen molar-refractivity contribution < 1.29 is 24.2 Å². The van der Waals surface area contributed by atoms with Crippen LogP contribution < -0.4 is 10.1 Å². The molecule has 0 spiro atoms. The lowest BCUT2D eigenvalue weighted by molar-refractivity contribution is -0.0177. The number of carbonyl (C=O) groups is 2. The molecular formula is C34H45N5O5. The Balaban J connectivity index is 1.61. The fourth-order valence-electron chi connectivity index (χ4n) is 5.34. The first-order valence-electron chi connectivity index (χ1n) is 15.4. The van der Waals surface area contributed by atoms with Crippen LogP contribution in [0.3, 0.4) is 0 Å². The molecule has 0 aliphatic carbocycles. The van der Waals surface area contributed by atoms with Crippen LogP contribution in [0.25, 0.3) is 0 Å². The van der Waals surface area contributed by atoms with E-state index in [4.69, 9.17) is 9.47 Å². The molecule has 3 aromatic rings. The summed E-state index contributed by atoms with van der Waals surface area (Å²) in [4.78, 5) is 39.2. The minimum atomic E-state index is -0.451. The molecule has 10 heteroatoms. The van der Waals surface area contributed by atoms with Crippen molar-refractivity contribution in [3.63, 3.8) is 0 Å². The molecule has 236 valence electrons. The summed E-state index contributed by atoms with van der Waals surface area (Å²) in [5, 5.41) is 13.1. The van der Waals surface area contributed by atoms with E-state index in [-0.39, 0.29) is 36.5 Å². The Bertz CT molecular complexity index is 1340. The monoisotopic (exact) mass is 603 g/mol. The van der Waals surface area contributed by atoms with Gasteiger partial charge in [-0.3, -0.25) is 24.5 Å². The van der Waals surface area contributed by atoms with Crippen molar-refractivity contribution in [3.8, 4) is 5.75 Å². The molecule has 2 N–H and O–H groups in total. The lowest BCUT2D eigenvalue weighted by Crippen LogP contribution is -2.47. The van der Waals surface area contributed by atoms with Crippen molar-refractivity contribution >= 4 is 17.5 Å². The highest BCUT2D eigenvalue weighted by Gasteiger charge is 2.30. The molecule has 1 aliphatic rings. The second kappa shape index (κ2) is 16.3. The number of amides is 2. The minimum absolute atomic E-state index is 0.0337. The summed E-state index contributed by atoms with van der Waals surface area (Å²) in [7, 11) is 2.07. The van der Waals surface area contributed by atoms with Gasteiger partial charge < -0.3 is 24.8 Å². The number of hydrogen-bond donors (Lipinski definition) is 2. The number of carbonyl (C=O) groups excluding carboxylic acids is 2. The maximum Gasteiger partial charge on any atom is 0.258 e. The standard InChI is InChI=1S/C34H45N5O5/c1-24-20-39(25(2)23-40)34(42)30-19-29(37-33(41)28-12-16-36-17-13-28)8-9-31(30)44-26(3)7-5-6-18-43-32(24)22-38(4)21-27-10-14-35-15-11-27/h8-17,19,24-26,32,40H,5-7,18,20-23H2,1-4H3,(H,37,41)/t24-,25-,26-,32+/m0/s1. The molecule has 10 nitrogen and oxygen atoms in total. The van der Waals surface area contributed by atoms with Gasteiger partial charge in [0, 0.05) is 68.2 Å². The zero-order chi connectivity index (χ0) is 31.5. The number of pyridine rings is 2. The molecule has 0 saturated heterocycles. The third kappa shape index (κ3) is 9.32. The van der Waals surface area contributed by atoms with Crippen molar-refractivity contribution in [2.75, 3.05) is 38.7 Å². The van der Waals surface area contributed by atoms with Crippen molar-refractivity contribution in [2.24, 2.45) is 5.92 Å². The maximum atomic E-state index is 14.3. The molecule has 44 heavy (non-hydrogen) atoms. The molecule has 2 aromatic heterocycles. The Morgan fingerprint density at radius 2 is 1.80 bits per heavy atom. The molecular weight excluding hydrogens is 558 g/mol. The van der Waals surface area contributed by atoms with Gasteiger partial charge in [-0.2, -0.15) is 0 Å². The fraction of sp³-hybridized carbons (Fsp3) is 0.471.